The van der Waals surface area contributed by atoms with Crippen molar-refractivity contribution in [1.82, 2.24) is 5.32 Å². The van der Waals surface area contributed by atoms with Crippen LogP contribution in [0.25, 0.3) is 0 Å². The minimum atomic E-state index is -5.42. The quantitative estimate of drug-likeness (QED) is 0.653. The number of carbonyl (C=O) groups is 2. The average molecular weight is 305 g/mol. The highest BCUT2D eigenvalue weighted by molar-refractivity contribution is 5.97. The van der Waals surface area contributed by atoms with Crippen molar-refractivity contribution in [3.8, 4) is 0 Å². The molecule has 1 rings (SSSR count). The number of rotatable bonds is 4. The summed E-state index contributed by atoms with van der Waals surface area (Å²) in [5.74, 6) is -3.24. The molecule has 5 nitrogen and oxygen atoms in total. The van der Waals surface area contributed by atoms with Gasteiger partial charge in [-0.05, 0) is 26.0 Å². The van der Waals surface area contributed by atoms with Crippen molar-refractivity contribution >= 4 is 11.9 Å². The predicted molar refractivity (Wildman–Crippen MR) is 66.3 cm³/mol. The molecule has 1 amide bonds. The molecule has 0 radical (unpaired) electrons. The van der Waals surface area contributed by atoms with Crippen molar-refractivity contribution in [2.24, 2.45) is 0 Å². The Morgan fingerprint density at radius 2 is 1.76 bits per heavy atom. The van der Waals surface area contributed by atoms with Crippen LogP contribution in [-0.2, 0) is 9.53 Å². The molecule has 0 aliphatic heterocycles. The highest BCUT2D eigenvalue weighted by Crippen LogP contribution is 2.29. The third-order valence-electron chi connectivity index (χ3n) is 2.59. The topological polar surface area (TPSA) is 75.6 Å². The minimum Gasteiger partial charge on any atom is -0.462 e. The van der Waals surface area contributed by atoms with Gasteiger partial charge in [-0.2, -0.15) is 13.2 Å². The fourth-order valence-corrected chi connectivity index (χ4v) is 1.41. The molecule has 1 atom stereocenters. The van der Waals surface area contributed by atoms with Crippen LogP contribution < -0.4 is 5.32 Å². The first-order chi connectivity index (χ1) is 9.61. The zero-order valence-corrected chi connectivity index (χ0v) is 11.3. The zero-order chi connectivity index (χ0) is 16.3. The molecule has 0 saturated carbocycles. The van der Waals surface area contributed by atoms with Gasteiger partial charge in [0.25, 0.3) is 5.91 Å². The second-order valence-electron chi connectivity index (χ2n) is 4.25. The Morgan fingerprint density at radius 1 is 1.24 bits per heavy atom. The number of carbonyl (C=O) groups excluding carboxylic acids is 2. The van der Waals surface area contributed by atoms with Gasteiger partial charge in [0.2, 0.25) is 0 Å². The van der Waals surface area contributed by atoms with Crippen molar-refractivity contribution in [1.29, 1.82) is 0 Å². The van der Waals surface area contributed by atoms with Crippen molar-refractivity contribution in [2.45, 2.75) is 25.7 Å². The molecule has 0 aliphatic rings. The molecule has 2 N–H and O–H groups in total. The molecule has 0 spiro atoms. The fraction of sp³-hybridized carbons (Fsp3) is 0.385. The highest BCUT2D eigenvalue weighted by atomic mass is 19.4. The van der Waals surface area contributed by atoms with Crippen molar-refractivity contribution in [3.05, 3.63) is 35.4 Å². The SMILES string of the molecule is CCOC(=O)[C@](O)(NC(=O)c1ccc(C)cc1)C(F)(F)F. The van der Waals surface area contributed by atoms with Gasteiger partial charge in [0.1, 0.15) is 0 Å². The third-order valence-corrected chi connectivity index (χ3v) is 2.59. The van der Waals surface area contributed by atoms with Crippen LogP contribution in [0.3, 0.4) is 0 Å². The van der Waals surface area contributed by atoms with Crippen LogP contribution in [0, 0.1) is 6.92 Å². The molecular formula is C13H14F3NO4. The lowest BCUT2D eigenvalue weighted by Gasteiger charge is -2.28. The Labute approximate surface area is 118 Å². The molecule has 0 saturated heterocycles. The summed E-state index contributed by atoms with van der Waals surface area (Å²) in [5.41, 5.74) is -3.43. The van der Waals surface area contributed by atoms with Crippen molar-refractivity contribution in [3.63, 3.8) is 0 Å². The number of aryl methyl sites for hydroxylation is 1. The summed E-state index contributed by atoms with van der Waals surface area (Å²) in [4.78, 5) is 23.1. The molecule has 8 heteroatoms. The fourth-order valence-electron chi connectivity index (χ4n) is 1.41. The number of nitrogens with one attached hydrogen (secondary N) is 1. The van der Waals surface area contributed by atoms with Gasteiger partial charge in [0.15, 0.2) is 0 Å². The lowest BCUT2D eigenvalue weighted by molar-refractivity contribution is -0.269. The first-order valence-electron chi connectivity index (χ1n) is 5.97. The van der Waals surface area contributed by atoms with Crippen LogP contribution in [0.15, 0.2) is 24.3 Å². The molecule has 116 valence electrons. The van der Waals surface area contributed by atoms with E-state index in [-0.39, 0.29) is 12.2 Å². The average Bonchev–Trinajstić information content (AvgIpc) is 2.38. The lowest BCUT2D eigenvalue weighted by atomic mass is 10.1. The number of esters is 1. The van der Waals surface area contributed by atoms with Crippen LogP contribution in [0.1, 0.15) is 22.8 Å². The Kier molecular flexibility index (Phi) is 4.95. The second kappa shape index (κ2) is 6.13. The molecule has 1 aromatic rings. The number of hydrogen-bond acceptors (Lipinski definition) is 4. The van der Waals surface area contributed by atoms with Crippen LogP contribution in [0.4, 0.5) is 13.2 Å². The minimum absolute atomic E-state index is 0.132. The van der Waals surface area contributed by atoms with E-state index in [1.54, 1.807) is 6.92 Å². The van der Waals surface area contributed by atoms with Crippen molar-refractivity contribution < 1.29 is 32.6 Å². The number of benzene rings is 1. The number of alkyl halides is 3. The number of halogens is 3. The molecule has 0 heterocycles. The second-order valence-corrected chi connectivity index (χ2v) is 4.25. The van der Waals surface area contributed by atoms with Gasteiger partial charge in [-0.1, -0.05) is 17.7 Å². The molecule has 1 aromatic carbocycles. The van der Waals surface area contributed by atoms with E-state index in [2.05, 4.69) is 4.74 Å². The third kappa shape index (κ3) is 3.72. The summed E-state index contributed by atoms with van der Waals surface area (Å²) < 4.78 is 42.7. The summed E-state index contributed by atoms with van der Waals surface area (Å²) >= 11 is 0. The van der Waals surface area contributed by atoms with E-state index < -0.39 is 23.8 Å². The maximum absolute atomic E-state index is 12.9. The normalized spacial score (nSPS) is 14.2. The Balaban J connectivity index is 3.04. The van der Waals surface area contributed by atoms with E-state index >= 15 is 0 Å². The van der Waals surface area contributed by atoms with E-state index in [4.69, 9.17) is 0 Å². The van der Waals surface area contributed by atoms with Gasteiger partial charge in [0.05, 0.1) is 6.61 Å². The number of aliphatic hydroxyl groups is 1. The smallest absolute Gasteiger partial charge is 0.448 e. The van der Waals surface area contributed by atoms with Crippen LogP contribution in [-0.4, -0.2) is 35.5 Å². The monoisotopic (exact) mass is 305 g/mol. The van der Waals surface area contributed by atoms with Gasteiger partial charge < -0.3 is 15.2 Å². The molecule has 0 fully saturated rings. The molecule has 21 heavy (non-hydrogen) atoms. The van der Waals surface area contributed by atoms with Gasteiger partial charge >= 0.3 is 17.9 Å². The van der Waals surface area contributed by atoms with Crippen molar-refractivity contribution in [2.75, 3.05) is 6.61 Å². The maximum atomic E-state index is 12.9. The molecular weight excluding hydrogens is 291 g/mol. The largest absolute Gasteiger partial charge is 0.462 e. The zero-order valence-electron chi connectivity index (χ0n) is 11.3. The van der Waals surface area contributed by atoms with E-state index in [1.807, 2.05) is 0 Å². The van der Waals surface area contributed by atoms with Gasteiger partial charge in [-0.15, -0.1) is 0 Å². The predicted octanol–water partition coefficient (Wildman–Crippen LogP) is 1.54. The van der Waals surface area contributed by atoms with E-state index in [9.17, 15) is 27.9 Å². The number of ether oxygens (including phenoxy) is 1. The highest BCUT2D eigenvalue weighted by Gasteiger charge is 2.62. The Hall–Kier alpha value is -2.09. The number of amides is 1. The van der Waals surface area contributed by atoms with Gasteiger partial charge in [-0.3, -0.25) is 4.79 Å². The maximum Gasteiger partial charge on any atom is 0.448 e. The Bertz CT molecular complexity index is 527. The molecule has 0 aliphatic carbocycles. The lowest BCUT2D eigenvalue weighted by Crippen LogP contribution is -2.64. The Morgan fingerprint density at radius 3 is 2.19 bits per heavy atom. The molecule has 0 unspecified atom stereocenters. The molecule has 0 bridgehead atoms. The molecule has 0 aromatic heterocycles. The van der Waals surface area contributed by atoms with Crippen LogP contribution in [0.5, 0.6) is 0 Å². The van der Waals surface area contributed by atoms with E-state index in [0.29, 0.717) is 0 Å². The first-order valence-corrected chi connectivity index (χ1v) is 5.97. The summed E-state index contributed by atoms with van der Waals surface area (Å²) in [7, 11) is 0. The van der Waals surface area contributed by atoms with Gasteiger partial charge in [0, 0.05) is 5.56 Å². The summed E-state index contributed by atoms with van der Waals surface area (Å²) in [6.45, 7) is 2.63. The number of hydrogen-bond donors (Lipinski definition) is 2. The summed E-state index contributed by atoms with van der Waals surface area (Å²) in [6.07, 6.45) is -5.42. The summed E-state index contributed by atoms with van der Waals surface area (Å²) in [5, 5.41) is 10.8. The first kappa shape index (κ1) is 17.0. The van der Waals surface area contributed by atoms with E-state index in [0.717, 1.165) is 5.56 Å². The van der Waals surface area contributed by atoms with Gasteiger partial charge in [-0.25, -0.2) is 4.79 Å². The van der Waals surface area contributed by atoms with Crippen LogP contribution >= 0.6 is 0 Å². The van der Waals surface area contributed by atoms with Crippen LogP contribution in [0.2, 0.25) is 0 Å². The standard InChI is InChI=1S/C13H14F3NO4/c1-3-21-11(19)12(20,13(14,15)16)17-10(18)9-6-4-8(2)5-7-9/h4-7,20H,3H2,1-2H3,(H,17,18)/t12-/m1/s1. The van der Waals surface area contributed by atoms with E-state index in [1.165, 1.54) is 36.5 Å². The summed E-state index contributed by atoms with van der Waals surface area (Å²) in [6, 6.07) is 5.55.